The third kappa shape index (κ3) is 2.82. The van der Waals surface area contributed by atoms with Gasteiger partial charge in [0.25, 0.3) is 0 Å². The molecule has 5 nitrogen and oxygen atoms in total. The predicted molar refractivity (Wildman–Crippen MR) is 79.5 cm³/mol. The van der Waals surface area contributed by atoms with Gasteiger partial charge in [0, 0.05) is 13.0 Å². The first-order valence-electron chi connectivity index (χ1n) is 6.96. The number of hydrogen-bond donors (Lipinski definition) is 0. The summed E-state index contributed by atoms with van der Waals surface area (Å²) in [5, 5.41) is 0. The second-order valence-corrected chi connectivity index (χ2v) is 7.29. The van der Waals surface area contributed by atoms with Crippen LogP contribution in [0.5, 0.6) is 0 Å². The van der Waals surface area contributed by atoms with Crippen LogP contribution in [-0.4, -0.2) is 44.1 Å². The summed E-state index contributed by atoms with van der Waals surface area (Å²) in [4.78, 5) is 11.8. The van der Waals surface area contributed by atoms with E-state index < -0.39 is 40.7 Å². The van der Waals surface area contributed by atoms with Gasteiger partial charge in [0.1, 0.15) is 0 Å². The van der Waals surface area contributed by atoms with E-state index in [9.17, 15) is 26.4 Å². The summed E-state index contributed by atoms with van der Waals surface area (Å²) in [5.74, 6) is -1.65. The van der Waals surface area contributed by atoms with Crippen molar-refractivity contribution in [2.75, 3.05) is 13.7 Å². The molecule has 1 aliphatic rings. The lowest BCUT2D eigenvalue weighted by molar-refractivity contribution is -0.228. The van der Waals surface area contributed by atoms with Crippen LogP contribution in [0.1, 0.15) is 13.3 Å². The van der Waals surface area contributed by atoms with Gasteiger partial charge in [0.15, 0.2) is 0 Å². The van der Waals surface area contributed by atoms with Crippen LogP contribution in [0.4, 0.5) is 13.2 Å². The Balaban J connectivity index is 2.71. The van der Waals surface area contributed by atoms with E-state index in [4.69, 9.17) is 0 Å². The van der Waals surface area contributed by atoms with E-state index in [1.54, 1.807) is 0 Å². The number of carbonyl (C=O) groups is 1. The largest absolute Gasteiger partial charge is 0.467 e. The molecule has 0 N–H and O–H groups in total. The second-order valence-electron chi connectivity index (χ2n) is 5.43. The van der Waals surface area contributed by atoms with Gasteiger partial charge in [-0.2, -0.15) is 17.5 Å². The molecule has 132 valence electrons. The van der Waals surface area contributed by atoms with Crippen molar-refractivity contribution in [1.82, 2.24) is 4.31 Å². The Morgan fingerprint density at radius 2 is 1.83 bits per heavy atom. The molecular weight excluding hydrogens is 347 g/mol. The van der Waals surface area contributed by atoms with Gasteiger partial charge in [-0.1, -0.05) is 29.8 Å². The van der Waals surface area contributed by atoms with Crippen LogP contribution in [0.2, 0.25) is 0 Å². The summed E-state index contributed by atoms with van der Waals surface area (Å²) in [6.07, 6.45) is -4.60. The van der Waals surface area contributed by atoms with Gasteiger partial charge in [0.2, 0.25) is 15.6 Å². The Bertz CT molecular complexity index is 759. The van der Waals surface area contributed by atoms with Crippen LogP contribution in [0, 0.1) is 0 Å². The standard InChI is InChI=1S/C15H16F3NO4S/c1-11-8-9-19(24(21,22)12-6-4-3-5-7-12)14(10-11,13(20)23-2)15(16,17)18/h3-8H,9-10H2,1-2H3. The zero-order valence-electron chi connectivity index (χ0n) is 13.0. The lowest BCUT2D eigenvalue weighted by Gasteiger charge is -2.43. The molecule has 1 aromatic carbocycles. The average molecular weight is 363 g/mol. The SMILES string of the molecule is COC(=O)C1(C(F)(F)F)CC(C)=CCN1S(=O)(=O)c1ccccc1. The third-order valence-corrected chi connectivity index (χ3v) is 5.80. The molecule has 0 spiro atoms. The number of rotatable bonds is 3. The van der Waals surface area contributed by atoms with Crippen molar-refractivity contribution in [2.45, 2.75) is 30.0 Å². The fraction of sp³-hybridized carbons (Fsp3) is 0.400. The predicted octanol–water partition coefficient (Wildman–Crippen LogP) is 2.50. The molecule has 1 aromatic rings. The Hall–Kier alpha value is -1.87. The highest BCUT2D eigenvalue weighted by atomic mass is 32.2. The molecule has 0 saturated carbocycles. The minimum Gasteiger partial charge on any atom is -0.467 e. The summed E-state index contributed by atoms with van der Waals surface area (Å²) in [6, 6.07) is 6.69. The number of esters is 1. The van der Waals surface area contributed by atoms with E-state index in [2.05, 4.69) is 4.74 Å². The zero-order chi connectivity index (χ0) is 18.2. The maximum absolute atomic E-state index is 13.9. The number of benzene rings is 1. The van der Waals surface area contributed by atoms with Gasteiger partial charge in [-0.05, 0) is 19.1 Å². The van der Waals surface area contributed by atoms with Crippen LogP contribution < -0.4 is 0 Å². The number of nitrogens with zero attached hydrogens (tertiary/aromatic N) is 1. The molecule has 2 rings (SSSR count). The summed E-state index contributed by atoms with van der Waals surface area (Å²) >= 11 is 0. The van der Waals surface area contributed by atoms with Gasteiger partial charge in [0.05, 0.1) is 12.0 Å². The van der Waals surface area contributed by atoms with Crippen molar-refractivity contribution in [3.63, 3.8) is 0 Å². The zero-order valence-corrected chi connectivity index (χ0v) is 13.8. The molecule has 0 aliphatic carbocycles. The third-order valence-electron chi connectivity index (χ3n) is 3.89. The molecule has 0 amide bonds. The fourth-order valence-electron chi connectivity index (χ4n) is 2.68. The first-order chi connectivity index (χ1) is 11.1. The molecule has 24 heavy (non-hydrogen) atoms. The molecule has 1 unspecified atom stereocenters. The van der Waals surface area contributed by atoms with Crippen molar-refractivity contribution in [3.05, 3.63) is 42.0 Å². The Kier molecular flexibility index (Phi) is 4.78. The minimum atomic E-state index is -5.14. The minimum absolute atomic E-state index is 0.175. The van der Waals surface area contributed by atoms with Crippen LogP contribution in [0.3, 0.4) is 0 Å². The molecule has 9 heteroatoms. The van der Waals surface area contributed by atoms with Crippen molar-refractivity contribution in [3.8, 4) is 0 Å². The maximum Gasteiger partial charge on any atom is 0.418 e. The number of sulfonamides is 1. The van der Waals surface area contributed by atoms with Crippen molar-refractivity contribution >= 4 is 16.0 Å². The van der Waals surface area contributed by atoms with Gasteiger partial charge in [-0.15, -0.1) is 0 Å². The number of methoxy groups -OCH3 is 1. The van der Waals surface area contributed by atoms with E-state index in [0.717, 1.165) is 7.11 Å². The molecule has 0 aromatic heterocycles. The molecule has 1 atom stereocenters. The Morgan fingerprint density at radius 3 is 2.33 bits per heavy atom. The molecule has 0 bridgehead atoms. The van der Waals surface area contributed by atoms with Crippen LogP contribution in [0.15, 0.2) is 46.9 Å². The Morgan fingerprint density at radius 1 is 1.25 bits per heavy atom. The van der Waals surface area contributed by atoms with Crippen LogP contribution in [0.25, 0.3) is 0 Å². The summed E-state index contributed by atoms with van der Waals surface area (Å²) in [6.45, 7) is 0.841. The quantitative estimate of drug-likeness (QED) is 0.611. The van der Waals surface area contributed by atoms with Gasteiger partial charge >= 0.3 is 12.1 Å². The second kappa shape index (κ2) is 6.21. The highest BCUT2D eigenvalue weighted by molar-refractivity contribution is 7.89. The summed E-state index contributed by atoms with van der Waals surface area (Å²) in [5.41, 5.74) is -3.02. The highest BCUT2D eigenvalue weighted by Crippen LogP contribution is 2.45. The number of ether oxygens (including phenoxy) is 1. The molecule has 0 saturated heterocycles. The number of halogens is 3. The maximum atomic E-state index is 13.9. The topological polar surface area (TPSA) is 63.7 Å². The highest BCUT2D eigenvalue weighted by Gasteiger charge is 2.68. The van der Waals surface area contributed by atoms with E-state index in [0.29, 0.717) is 0 Å². The number of hydrogen-bond acceptors (Lipinski definition) is 4. The molecule has 0 radical (unpaired) electrons. The van der Waals surface area contributed by atoms with E-state index in [1.165, 1.54) is 43.3 Å². The monoisotopic (exact) mass is 363 g/mol. The van der Waals surface area contributed by atoms with Crippen molar-refractivity contribution in [1.29, 1.82) is 0 Å². The summed E-state index contributed by atoms with van der Waals surface area (Å²) < 4.78 is 71.7. The van der Waals surface area contributed by atoms with E-state index >= 15 is 0 Å². The van der Waals surface area contributed by atoms with Crippen LogP contribution >= 0.6 is 0 Å². The normalized spacial score (nSPS) is 22.8. The number of alkyl halides is 3. The smallest absolute Gasteiger partial charge is 0.418 e. The van der Waals surface area contributed by atoms with Gasteiger partial charge in [-0.3, -0.25) is 0 Å². The van der Waals surface area contributed by atoms with E-state index in [-0.39, 0.29) is 14.8 Å². The number of carbonyl (C=O) groups excluding carboxylic acids is 1. The molecule has 1 aliphatic heterocycles. The molecule has 0 fully saturated rings. The van der Waals surface area contributed by atoms with Crippen LogP contribution in [-0.2, 0) is 19.6 Å². The van der Waals surface area contributed by atoms with Gasteiger partial charge < -0.3 is 4.74 Å². The van der Waals surface area contributed by atoms with Crippen molar-refractivity contribution < 1.29 is 31.1 Å². The van der Waals surface area contributed by atoms with Gasteiger partial charge in [-0.25, -0.2) is 13.2 Å². The van der Waals surface area contributed by atoms with Crippen molar-refractivity contribution in [2.24, 2.45) is 0 Å². The van der Waals surface area contributed by atoms with E-state index in [1.807, 2.05) is 0 Å². The summed E-state index contributed by atoms with van der Waals surface area (Å²) in [7, 11) is -3.76. The Labute approximate surface area is 137 Å². The first kappa shape index (κ1) is 18.5. The lowest BCUT2D eigenvalue weighted by Crippen LogP contribution is -2.67. The molecular formula is C15H16F3NO4S. The molecule has 1 heterocycles. The lowest BCUT2D eigenvalue weighted by atomic mass is 9.87. The fourth-order valence-corrected chi connectivity index (χ4v) is 4.36. The first-order valence-corrected chi connectivity index (χ1v) is 8.40. The average Bonchev–Trinajstić information content (AvgIpc) is 2.53.